The maximum atomic E-state index is 13.0. The first kappa shape index (κ1) is 22.2. The summed E-state index contributed by atoms with van der Waals surface area (Å²) in [5, 5.41) is 7.94. The average Bonchev–Trinajstić information content (AvgIpc) is 3.36. The van der Waals surface area contributed by atoms with Crippen LogP contribution in [0.1, 0.15) is 31.6 Å². The summed E-state index contributed by atoms with van der Waals surface area (Å²) < 4.78 is 0. The molecule has 1 unspecified atom stereocenters. The number of likely N-dealkylation sites (N-methyl/N-ethyl adjacent to an activating group) is 1. The summed E-state index contributed by atoms with van der Waals surface area (Å²) >= 11 is 1.39. The monoisotopic (exact) mass is 448 g/mol. The molecule has 1 saturated heterocycles. The zero-order chi connectivity index (χ0) is 22.3. The lowest BCUT2D eigenvalue weighted by Crippen LogP contribution is -2.47. The van der Waals surface area contributed by atoms with Crippen LogP contribution in [0.2, 0.25) is 0 Å². The number of anilines is 1. The van der Waals surface area contributed by atoms with Crippen LogP contribution >= 0.6 is 11.3 Å². The van der Waals surface area contributed by atoms with Crippen LogP contribution in [0.3, 0.4) is 0 Å². The number of amides is 2. The molecule has 2 heterocycles. The Morgan fingerprint density at radius 3 is 2.28 bits per heavy atom. The van der Waals surface area contributed by atoms with Gasteiger partial charge in [0, 0.05) is 44.0 Å². The molecule has 4 rings (SSSR count). The van der Waals surface area contributed by atoms with E-state index in [1.54, 1.807) is 30.3 Å². The van der Waals surface area contributed by atoms with Crippen molar-refractivity contribution in [3.05, 3.63) is 88.1 Å². The van der Waals surface area contributed by atoms with E-state index in [1.807, 2.05) is 29.6 Å². The third-order valence-electron chi connectivity index (χ3n) is 5.69. The van der Waals surface area contributed by atoms with E-state index in [1.165, 1.54) is 11.3 Å². The molecule has 2 N–H and O–H groups in total. The predicted octanol–water partition coefficient (Wildman–Crippen LogP) is 3.72. The van der Waals surface area contributed by atoms with Crippen molar-refractivity contribution in [2.24, 2.45) is 0 Å². The Kier molecular flexibility index (Phi) is 7.32. The van der Waals surface area contributed by atoms with E-state index in [4.69, 9.17) is 0 Å². The standard InChI is InChI=1S/C25H28N4O2S/c1-28-13-15-29(16-14-28)18-22(19-6-3-2-4-7-19)27-24(30)20-9-11-21(12-10-20)26-25(31)23-8-5-17-32-23/h2-12,17,22H,13-16,18H2,1H3,(H,26,31)(H,27,30). The average molecular weight is 449 g/mol. The number of piperazine rings is 1. The summed E-state index contributed by atoms with van der Waals surface area (Å²) in [6, 6.07) is 20.7. The second kappa shape index (κ2) is 10.5. The molecule has 7 heteroatoms. The van der Waals surface area contributed by atoms with Gasteiger partial charge in [-0.15, -0.1) is 11.3 Å². The molecule has 0 spiro atoms. The summed E-state index contributed by atoms with van der Waals surface area (Å²) in [5.41, 5.74) is 2.33. The topological polar surface area (TPSA) is 64.7 Å². The van der Waals surface area contributed by atoms with Gasteiger partial charge in [-0.25, -0.2) is 0 Å². The number of carbonyl (C=O) groups is 2. The molecule has 2 aromatic carbocycles. The van der Waals surface area contributed by atoms with Gasteiger partial charge in [0.15, 0.2) is 0 Å². The highest BCUT2D eigenvalue weighted by Gasteiger charge is 2.21. The minimum atomic E-state index is -0.145. The Labute approximate surface area is 192 Å². The van der Waals surface area contributed by atoms with E-state index in [2.05, 4.69) is 39.6 Å². The van der Waals surface area contributed by atoms with Crippen LogP contribution in [0, 0.1) is 0 Å². The number of carbonyl (C=O) groups excluding carboxylic acids is 2. The first-order valence-electron chi connectivity index (χ1n) is 10.8. The first-order chi connectivity index (χ1) is 15.6. The second-order valence-electron chi connectivity index (χ2n) is 8.05. The van der Waals surface area contributed by atoms with Crippen molar-refractivity contribution >= 4 is 28.8 Å². The molecule has 1 fully saturated rings. The van der Waals surface area contributed by atoms with Crippen LogP contribution in [0.25, 0.3) is 0 Å². The lowest BCUT2D eigenvalue weighted by molar-refractivity contribution is 0.0907. The highest BCUT2D eigenvalue weighted by Crippen LogP contribution is 2.18. The molecule has 1 aliphatic rings. The van der Waals surface area contributed by atoms with Crippen LogP contribution in [-0.4, -0.2) is 61.4 Å². The van der Waals surface area contributed by atoms with Gasteiger partial charge in [0.1, 0.15) is 0 Å². The van der Waals surface area contributed by atoms with Gasteiger partial charge < -0.3 is 15.5 Å². The van der Waals surface area contributed by atoms with E-state index in [-0.39, 0.29) is 17.9 Å². The van der Waals surface area contributed by atoms with Crippen molar-refractivity contribution in [2.75, 3.05) is 45.1 Å². The van der Waals surface area contributed by atoms with Crippen LogP contribution < -0.4 is 10.6 Å². The summed E-state index contributed by atoms with van der Waals surface area (Å²) in [6.07, 6.45) is 0. The SMILES string of the molecule is CN1CCN(CC(NC(=O)c2ccc(NC(=O)c3cccs3)cc2)c2ccccc2)CC1. The van der Waals surface area contributed by atoms with Crippen LogP contribution in [0.15, 0.2) is 72.1 Å². The zero-order valence-electron chi connectivity index (χ0n) is 18.2. The van der Waals surface area contributed by atoms with Gasteiger partial charge in [-0.2, -0.15) is 0 Å². The number of hydrogen-bond acceptors (Lipinski definition) is 5. The van der Waals surface area contributed by atoms with E-state index in [9.17, 15) is 9.59 Å². The van der Waals surface area contributed by atoms with Crippen LogP contribution in [-0.2, 0) is 0 Å². The first-order valence-corrected chi connectivity index (χ1v) is 11.7. The molecule has 1 aromatic heterocycles. The van der Waals surface area contributed by atoms with Gasteiger partial charge in [0.25, 0.3) is 11.8 Å². The molecule has 6 nitrogen and oxygen atoms in total. The highest BCUT2D eigenvalue weighted by molar-refractivity contribution is 7.12. The van der Waals surface area contributed by atoms with E-state index in [0.29, 0.717) is 16.1 Å². The normalized spacial score (nSPS) is 15.8. The van der Waals surface area contributed by atoms with Gasteiger partial charge in [-0.05, 0) is 48.3 Å². The lowest BCUT2D eigenvalue weighted by Gasteiger charge is -2.35. The minimum absolute atomic E-state index is 0.0923. The fourth-order valence-corrected chi connectivity index (χ4v) is 4.37. The fourth-order valence-electron chi connectivity index (χ4n) is 3.76. The number of hydrogen-bond donors (Lipinski definition) is 2. The highest BCUT2D eigenvalue weighted by atomic mass is 32.1. The van der Waals surface area contributed by atoms with Crippen molar-refractivity contribution in [3.63, 3.8) is 0 Å². The molecule has 3 aromatic rings. The number of rotatable bonds is 7. The molecule has 166 valence electrons. The van der Waals surface area contributed by atoms with Crippen molar-refractivity contribution in [3.8, 4) is 0 Å². The molecule has 0 saturated carbocycles. The van der Waals surface area contributed by atoms with Crippen molar-refractivity contribution in [2.45, 2.75) is 6.04 Å². The molecule has 0 aliphatic carbocycles. The molecular weight excluding hydrogens is 420 g/mol. The number of nitrogens with zero attached hydrogens (tertiary/aromatic N) is 2. The van der Waals surface area contributed by atoms with Crippen molar-refractivity contribution < 1.29 is 9.59 Å². The summed E-state index contributed by atoms with van der Waals surface area (Å²) in [7, 11) is 2.14. The Bertz CT molecular complexity index is 1010. The van der Waals surface area contributed by atoms with Gasteiger partial charge in [0.05, 0.1) is 10.9 Å². The summed E-state index contributed by atoms with van der Waals surface area (Å²) in [5.74, 6) is -0.266. The predicted molar refractivity (Wildman–Crippen MR) is 129 cm³/mol. The van der Waals surface area contributed by atoms with Gasteiger partial charge in [-0.1, -0.05) is 36.4 Å². The Morgan fingerprint density at radius 1 is 0.906 bits per heavy atom. The van der Waals surface area contributed by atoms with Crippen LogP contribution in [0.4, 0.5) is 5.69 Å². The van der Waals surface area contributed by atoms with E-state index in [0.717, 1.165) is 38.3 Å². The third kappa shape index (κ3) is 5.82. The number of nitrogens with one attached hydrogen (secondary N) is 2. The maximum absolute atomic E-state index is 13.0. The Hall–Kier alpha value is -3.00. The van der Waals surface area contributed by atoms with E-state index >= 15 is 0 Å². The Morgan fingerprint density at radius 2 is 1.62 bits per heavy atom. The molecule has 0 radical (unpaired) electrons. The smallest absolute Gasteiger partial charge is 0.265 e. The van der Waals surface area contributed by atoms with Gasteiger partial charge in [0.2, 0.25) is 0 Å². The molecule has 1 aliphatic heterocycles. The van der Waals surface area contributed by atoms with Gasteiger partial charge in [-0.3, -0.25) is 14.5 Å². The van der Waals surface area contributed by atoms with E-state index < -0.39 is 0 Å². The van der Waals surface area contributed by atoms with Crippen molar-refractivity contribution in [1.82, 2.24) is 15.1 Å². The lowest BCUT2D eigenvalue weighted by atomic mass is 10.0. The quantitative estimate of drug-likeness (QED) is 0.578. The van der Waals surface area contributed by atoms with Crippen LogP contribution in [0.5, 0.6) is 0 Å². The second-order valence-corrected chi connectivity index (χ2v) is 9.00. The summed E-state index contributed by atoms with van der Waals surface area (Å²) in [4.78, 5) is 30.6. The fraction of sp³-hybridized carbons (Fsp3) is 0.280. The molecule has 1 atom stereocenters. The zero-order valence-corrected chi connectivity index (χ0v) is 19.0. The third-order valence-corrected chi connectivity index (χ3v) is 6.56. The number of benzene rings is 2. The van der Waals surface area contributed by atoms with Gasteiger partial charge >= 0.3 is 0 Å². The maximum Gasteiger partial charge on any atom is 0.265 e. The Balaban J connectivity index is 1.41. The largest absolute Gasteiger partial charge is 0.344 e. The molecule has 2 amide bonds. The summed E-state index contributed by atoms with van der Waals surface area (Å²) in [6.45, 7) is 4.84. The molecule has 0 bridgehead atoms. The molecular formula is C25H28N4O2S. The number of thiophene rings is 1. The molecule has 32 heavy (non-hydrogen) atoms. The van der Waals surface area contributed by atoms with Crippen molar-refractivity contribution in [1.29, 1.82) is 0 Å². The minimum Gasteiger partial charge on any atom is -0.344 e.